The monoisotopic (exact) mass is 876 g/mol. The number of carbonyl (C=O) groups is 5. The third-order valence-corrected chi connectivity index (χ3v) is 12.5. The van der Waals surface area contributed by atoms with Gasteiger partial charge in [0.25, 0.3) is 0 Å². The Bertz CT molecular complexity index is 1700. The number of hydrogen-bond acceptors (Lipinski definition) is 10. The van der Waals surface area contributed by atoms with Crippen molar-refractivity contribution in [2.75, 3.05) is 41.9 Å². The maximum atomic E-state index is 14.2. The van der Waals surface area contributed by atoms with Gasteiger partial charge in [-0.25, -0.2) is 8.42 Å². The zero-order valence-electron chi connectivity index (χ0n) is 37.1. The minimum Gasteiger partial charge on any atom is -0.379 e. The molecule has 60 heavy (non-hydrogen) atoms. The lowest BCUT2D eigenvalue weighted by Crippen LogP contribution is -2.59. The van der Waals surface area contributed by atoms with Crippen LogP contribution in [0.2, 0.25) is 0 Å². The summed E-state index contributed by atoms with van der Waals surface area (Å²) in [6.07, 6.45) is -5.02. The van der Waals surface area contributed by atoms with Gasteiger partial charge in [-0.3, -0.25) is 33.6 Å². The number of amides is 5. The molecule has 8 atom stereocenters. The Kier molecular flexibility index (Phi) is 19.9. The number of ether oxygens (including phenoxy) is 2. The Morgan fingerprint density at radius 2 is 1.48 bits per heavy atom. The highest BCUT2D eigenvalue weighted by atomic mass is 32.2. The van der Waals surface area contributed by atoms with Crippen molar-refractivity contribution in [1.82, 2.24) is 30.1 Å². The number of methoxy groups -OCH3 is 2. The van der Waals surface area contributed by atoms with Crippen molar-refractivity contribution in [2.45, 2.75) is 129 Å². The summed E-state index contributed by atoms with van der Waals surface area (Å²) < 4.78 is 77.4. The van der Waals surface area contributed by atoms with E-state index in [1.54, 1.807) is 22.2 Å². The molecule has 1 aromatic rings. The van der Waals surface area contributed by atoms with Gasteiger partial charge < -0.3 is 29.9 Å². The molecule has 0 saturated carbocycles. The first-order valence-corrected chi connectivity index (χ1v) is 22.0. The Labute approximate surface area is 353 Å². The molecule has 0 aromatic heterocycles. The molecule has 0 bridgehead atoms. The number of hydrogen-bond donors (Lipinski definition) is 3. The molecule has 1 aromatic carbocycles. The number of likely N-dealkylation sites (tertiary alicyclic amines) is 1. The van der Waals surface area contributed by atoms with Gasteiger partial charge in [-0.2, -0.15) is 13.2 Å². The lowest BCUT2D eigenvalue weighted by Gasteiger charge is -2.41. The summed E-state index contributed by atoms with van der Waals surface area (Å²) in [5, 5.41) is 4.72. The average Bonchev–Trinajstić information content (AvgIpc) is 3.64. The van der Waals surface area contributed by atoms with Crippen LogP contribution in [-0.2, 0) is 55.8 Å². The van der Waals surface area contributed by atoms with Gasteiger partial charge >= 0.3 is 12.1 Å². The van der Waals surface area contributed by atoms with Gasteiger partial charge in [0.05, 0.1) is 48.4 Å². The van der Waals surface area contributed by atoms with E-state index < -0.39 is 82.6 Å². The molecule has 1 fully saturated rings. The van der Waals surface area contributed by atoms with Crippen molar-refractivity contribution in [2.24, 2.45) is 23.7 Å². The number of nitrogens with zero attached hydrogens (tertiary/aromatic N) is 3. The molecule has 15 nitrogen and oxygen atoms in total. The summed E-state index contributed by atoms with van der Waals surface area (Å²) in [4.78, 5) is 71.3. The average molecular weight is 877 g/mol. The van der Waals surface area contributed by atoms with Gasteiger partial charge in [0.1, 0.15) is 6.04 Å². The van der Waals surface area contributed by atoms with E-state index >= 15 is 0 Å². The van der Waals surface area contributed by atoms with E-state index in [9.17, 15) is 45.6 Å². The third kappa shape index (κ3) is 14.4. The second-order valence-electron chi connectivity index (χ2n) is 16.7. The molecule has 342 valence electrons. The van der Waals surface area contributed by atoms with Crippen LogP contribution in [0, 0.1) is 23.7 Å². The molecule has 1 heterocycles. The van der Waals surface area contributed by atoms with Gasteiger partial charge in [-0.1, -0.05) is 79.2 Å². The number of halogens is 3. The van der Waals surface area contributed by atoms with Crippen LogP contribution in [-0.4, -0.2) is 137 Å². The molecule has 1 aliphatic heterocycles. The van der Waals surface area contributed by atoms with Crippen LogP contribution >= 0.6 is 0 Å². The molecule has 3 N–H and O–H groups in total. The number of benzene rings is 1. The molecular formula is C41H67F3N6O9S. The fourth-order valence-corrected chi connectivity index (χ4v) is 9.14. The van der Waals surface area contributed by atoms with Crippen LogP contribution in [0.3, 0.4) is 0 Å². The first kappa shape index (κ1) is 52.3. The molecule has 1 aliphatic rings. The molecule has 0 aliphatic carbocycles. The topological polar surface area (TPSA) is 184 Å². The Hall–Kier alpha value is -3.81. The standard InChI is InChI=1S/C41H67F3N6O9S/c1-13-26(6)35(49(10)39(54)33(24(2)3)46-38(53)34(25(4)5)48(8)9)31(58-11)21-32(51)50-20-14-15-30(50)36(59-12)27(7)37(52)47-60(56,57)23-29-18-16-28(17-19-29)22-45-40(55)41(42,43)44/h16-19,24-27,30-31,33-36H,13-15,20-23H2,1-12H3,(H,45,55)(H,46,53)(H,47,52)/t26-,27+,30-,31+,33-,34-,35-,36+/m0/s1. The fraction of sp³-hybridized carbons (Fsp3) is 0.732. The quantitative estimate of drug-likeness (QED) is 0.156. The number of alkyl halides is 3. The lowest BCUT2D eigenvalue weighted by atomic mass is 9.89. The van der Waals surface area contributed by atoms with Crippen LogP contribution in [0.25, 0.3) is 0 Å². The smallest absolute Gasteiger partial charge is 0.379 e. The van der Waals surface area contributed by atoms with Crippen molar-refractivity contribution >= 4 is 39.6 Å². The van der Waals surface area contributed by atoms with Crippen molar-refractivity contribution in [3.05, 3.63) is 35.4 Å². The molecule has 19 heteroatoms. The molecule has 1 saturated heterocycles. The predicted octanol–water partition coefficient (Wildman–Crippen LogP) is 3.46. The zero-order valence-corrected chi connectivity index (χ0v) is 37.9. The van der Waals surface area contributed by atoms with Gasteiger partial charge in [-0.15, -0.1) is 0 Å². The summed E-state index contributed by atoms with van der Waals surface area (Å²) in [5.74, 6) is -5.79. The lowest BCUT2D eigenvalue weighted by molar-refractivity contribution is -0.173. The largest absolute Gasteiger partial charge is 0.471 e. The van der Waals surface area contributed by atoms with Crippen LogP contribution in [0.5, 0.6) is 0 Å². The van der Waals surface area contributed by atoms with Gasteiger partial charge in [0.15, 0.2) is 0 Å². The minimum absolute atomic E-state index is 0.00319. The fourth-order valence-electron chi connectivity index (χ4n) is 7.95. The second-order valence-corrected chi connectivity index (χ2v) is 18.4. The number of sulfonamides is 1. The summed E-state index contributed by atoms with van der Waals surface area (Å²) in [6.45, 7) is 13.0. The first-order chi connectivity index (χ1) is 27.8. The molecule has 2 rings (SSSR count). The maximum Gasteiger partial charge on any atom is 0.471 e. The minimum atomic E-state index is -5.04. The summed E-state index contributed by atoms with van der Waals surface area (Å²) in [5.41, 5.74) is 0.549. The molecule has 0 unspecified atom stereocenters. The number of nitrogens with one attached hydrogen (secondary N) is 3. The van der Waals surface area contributed by atoms with Crippen molar-refractivity contribution < 1.29 is 55.0 Å². The number of carbonyl (C=O) groups excluding carboxylic acids is 5. The first-order valence-electron chi connectivity index (χ1n) is 20.4. The Balaban J connectivity index is 2.21. The van der Waals surface area contributed by atoms with Crippen molar-refractivity contribution in [3.8, 4) is 0 Å². The van der Waals surface area contributed by atoms with E-state index in [2.05, 4.69) is 10.0 Å². The Morgan fingerprint density at radius 1 is 0.900 bits per heavy atom. The second kappa shape index (κ2) is 22.9. The van der Waals surface area contributed by atoms with E-state index in [0.717, 1.165) is 0 Å². The zero-order chi connectivity index (χ0) is 45.9. The van der Waals surface area contributed by atoms with Gasteiger partial charge in [-0.05, 0) is 55.8 Å². The summed E-state index contributed by atoms with van der Waals surface area (Å²) in [6, 6.07) is 3.05. The van der Waals surface area contributed by atoms with E-state index in [0.29, 0.717) is 31.4 Å². The van der Waals surface area contributed by atoms with E-state index in [1.165, 1.54) is 45.4 Å². The van der Waals surface area contributed by atoms with Crippen LogP contribution in [0.4, 0.5) is 13.2 Å². The van der Waals surface area contributed by atoms with Gasteiger partial charge in [0.2, 0.25) is 33.7 Å². The predicted molar refractivity (Wildman–Crippen MR) is 220 cm³/mol. The normalized spacial score (nSPS) is 18.4. The maximum absolute atomic E-state index is 14.2. The molecular weight excluding hydrogens is 810 g/mol. The van der Waals surface area contributed by atoms with E-state index in [-0.39, 0.29) is 47.5 Å². The van der Waals surface area contributed by atoms with E-state index in [4.69, 9.17) is 9.47 Å². The highest BCUT2D eigenvalue weighted by Gasteiger charge is 2.44. The number of likely N-dealkylation sites (N-methyl/N-ethyl adjacent to an activating group) is 2. The highest BCUT2D eigenvalue weighted by molar-refractivity contribution is 7.89. The van der Waals surface area contributed by atoms with Gasteiger partial charge in [0, 0.05) is 34.4 Å². The van der Waals surface area contributed by atoms with Crippen LogP contribution in [0.15, 0.2) is 24.3 Å². The van der Waals surface area contributed by atoms with Crippen LogP contribution in [0.1, 0.15) is 85.3 Å². The molecule has 0 radical (unpaired) electrons. The van der Waals surface area contributed by atoms with Crippen molar-refractivity contribution in [3.63, 3.8) is 0 Å². The Morgan fingerprint density at radius 3 is 1.97 bits per heavy atom. The van der Waals surface area contributed by atoms with E-state index in [1.807, 2.05) is 60.5 Å². The summed E-state index contributed by atoms with van der Waals surface area (Å²) in [7, 11) is 3.91. The highest BCUT2D eigenvalue weighted by Crippen LogP contribution is 2.30. The molecule has 5 amide bonds. The number of rotatable bonds is 22. The summed E-state index contributed by atoms with van der Waals surface area (Å²) >= 11 is 0. The van der Waals surface area contributed by atoms with Crippen molar-refractivity contribution in [1.29, 1.82) is 0 Å². The molecule has 0 spiro atoms. The SMILES string of the molecule is CC[C@H](C)[C@@H]([C@@H](CC(=O)N1CCC[C@H]1[C@H](OC)[C@@H](C)C(=O)NS(=O)(=O)Cc1ccc(CNC(=O)C(F)(F)F)cc1)OC)N(C)C(=O)[C@@H](NC(=O)[C@H](C(C)C)N(C)C)C(C)C. The van der Waals surface area contributed by atoms with Crippen LogP contribution < -0.4 is 15.4 Å². The third-order valence-electron chi connectivity index (χ3n) is 11.3.